The van der Waals surface area contributed by atoms with Crippen molar-refractivity contribution in [3.8, 4) is 0 Å². The zero-order valence-electron chi connectivity index (χ0n) is 10.6. The normalized spacial score (nSPS) is 12.6. The molecule has 0 spiro atoms. The smallest absolute Gasteiger partial charge is 0.250 e. The van der Waals surface area contributed by atoms with Crippen LogP contribution in [0.25, 0.3) is 0 Å². The second-order valence-electron chi connectivity index (χ2n) is 3.52. The number of thiophene rings is 1. The Labute approximate surface area is 116 Å². The summed E-state index contributed by atoms with van der Waals surface area (Å²) in [4.78, 5) is 3.98. The van der Waals surface area contributed by atoms with Crippen LogP contribution in [0.15, 0.2) is 26.7 Å². The number of nitrogens with one attached hydrogen (secondary N) is 2. The van der Waals surface area contributed by atoms with Crippen LogP contribution in [-0.4, -0.2) is 47.7 Å². The van der Waals surface area contributed by atoms with Crippen molar-refractivity contribution in [2.75, 3.05) is 33.4 Å². The van der Waals surface area contributed by atoms with Gasteiger partial charge in [-0.3, -0.25) is 4.99 Å². The average Bonchev–Trinajstić information content (AvgIpc) is 2.89. The number of sulfonamides is 1. The fourth-order valence-corrected chi connectivity index (χ4v) is 3.24. The van der Waals surface area contributed by atoms with Gasteiger partial charge in [0, 0.05) is 20.2 Å². The molecule has 0 saturated carbocycles. The third-order valence-electron chi connectivity index (χ3n) is 2.06. The highest BCUT2D eigenvalue weighted by molar-refractivity contribution is 7.91. The van der Waals surface area contributed by atoms with E-state index >= 15 is 0 Å². The number of hydrogen-bond donors (Lipinski definition) is 3. The van der Waals surface area contributed by atoms with E-state index < -0.39 is 10.0 Å². The molecular formula is C10H18N4O3S2. The van der Waals surface area contributed by atoms with Crippen LogP contribution >= 0.6 is 11.3 Å². The van der Waals surface area contributed by atoms with E-state index in [1.165, 1.54) is 11.3 Å². The fourth-order valence-electron chi connectivity index (χ4n) is 1.18. The summed E-state index contributed by atoms with van der Waals surface area (Å²) in [6.07, 6.45) is 0. The molecular weight excluding hydrogens is 288 g/mol. The number of methoxy groups -OCH3 is 1. The van der Waals surface area contributed by atoms with Crippen LogP contribution in [-0.2, 0) is 14.8 Å². The van der Waals surface area contributed by atoms with Crippen molar-refractivity contribution in [3.05, 3.63) is 17.5 Å². The van der Waals surface area contributed by atoms with Crippen LogP contribution in [0.2, 0.25) is 0 Å². The second-order valence-corrected chi connectivity index (χ2v) is 6.46. The molecule has 0 bridgehead atoms. The summed E-state index contributed by atoms with van der Waals surface area (Å²) in [5.41, 5.74) is 5.57. The van der Waals surface area contributed by atoms with E-state index in [-0.39, 0.29) is 19.0 Å². The lowest BCUT2D eigenvalue weighted by atomic mass is 10.6. The van der Waals surface area contributed by atoms with Crippen molar-refractivity contribution in [2.24, 2.45) is 10.7 Å². The predicted octanol–water partition coefficient (Wildman–Crippen LogP) is -0.423. The van der Waals surface area contributed by atoms with Gasteiger partial charge < -0.3 is 15.8 Å². The van der Waals surface area contributed by atoms with Crippen LogP contribution in [0.3, 0.4) is 0 Å². The van der Waals surface area contributed by atoms with E-state index in [9.17, 15) is 8.42 Å². The molecule has 0 amide bonds. The molecule has 1 rings (SSSR count). The van der Waals surface area contributed by atoms with E-state index in [2.05, 4.69) is 15.0 Å². The number of hydrogen-bond acceptors (Lipinski definition) is 5. The molecule has 7 nitrogen and oxygen atoms in total. The highest BCUT2D eigenvalue weighted by Gasteiger charge is 2.13. The first-order valence-electron chi connectivity index (χ1n) is 5.62. The van der Waals surface area contributed by atoms with E-state index in [1.54, 1.807) is 24.6 Å². The molecule has 0 aromatic carbocycles. The number of aliphatic imine (C=N–C) groups is 1. The van der Waals surface area contributed by atoms with Gasteiger partial charge in [0.25, 0.3) is 0 Å². The zero-order chi connectivity index (χ0) is 14.1. The lowest BCUT2D eigenvalue weighted by molar-refractivity contribution is 0.204. The quantitative estimate of drug-likeness (QED) is 0.343. The first kappa shape index (κ1) is 15.9. The Morgan fingerprint density at radius 3 is 2.95 bits per heavy atom. The molecule has 19 heavy (non-hydrogen) atoms. The molecule has 108 valence electrons. The van der Waals surface area contributed by atoms with Crippen molar-refractivity contribution in [1.82, 2.24) is 10.0 Å². The van der Waals surface area contributed by atoms with Gasteiger partial charge in [0.15, 0.2) is 5.96 Å². The first-order valence-corrected chi connectivity index (χ1v) is 7.98. The minimum Gasteiger partial charge on any atom is -0.383 e. The van der Waals surface area contributed by atoms with Gasteiger partial charge in [-0.15, -0.1) is 11.3 Å². The molecule has 0 atom stereocenters. The van der Waals surface area contributed by atoms with Crippen molar-refractivity contribution in [2.45, 2.75) is 4.21 Å². The molecule has 0 fully saturated rings. The van der Waals surface area contributed by atoms with Crippen molar-refractivity contribution in [1.29, 1.82) is 0 Å². The summed E-state index contributed by atoms with van der Waals surface area (Å²) in [7, 11) is -1.83. The van der Waals surface area contributed by atoms with Gasteiger partial charge in [-0.1, -0.05) is 6.07 Å². The molecule has 1 aromatic heterocycles. The Balaban J connectivity index is 2.29. The maximum Gasteiger partial charge on any atom is 0.250 e. The lowest BCUT2D eigenvalue weighted by Gasteiger charge is -2.05. The largest absolute Gasteiger partial charge is 0.383 e. The van der Waals surface area contributed by atoms with Crippen molar-refractivity contribution >= 4 is 27.3 Å². The van der Waals surface area contributed by atoms with E-state index in [0.717, 1.165) is 0 Å². The SMILES string of the molecule is COCCNC(N)=NCCNS(=O)(=O)c1cccs1. The van der Waals surface area contributed by atoms with Gasteiger partial charge in [-0.05, 0) is 11.4 Å². The summed E-state index contributed by atoms with van der Waals surface area (Å²) < 4.78 is 31.1. The van der Waals surface area contributed by atoms with Gasteiger partial charge in [-0.2, -0.15) is 0 Å². The van der Waals surface area contributed by atoms with Gasteiger partial charge in [0.1, 0.15) is 4.21 Å². The maximum atomic E-state index is 11.7. The Morgan fingerprint density at radius 2 is 2.32 bits per heavy atom. The lowest BCUT2D eigenvalue weighted by Crippen LogP contribution is -2.35. The van der Waals surface area contributed by atoms with Gasteiger partial charge in [0.05, 0.1) is 13.2 Å². The third-order valence-corrected chi connectivity index (χ3v) is 4.92. The summed E-state index contributed by atoms with van der Waals surface area (Å²) >= 11 is 1.17. The molecule has 4 N–H and O–H groups in total. The topological polar surface area (TPSA) is 106 Å². The monoisotopic (exact) mass is 306 g/mol. The van der Waals surface area contributed by atoms with Crippen LogP contribution in [0.5, 0.6) is 0 Å². The minimum atomic E-state index is -3.42. The number of ether oxygens (including phenoxy) is 1. The highest BCUT2D eigenvalue weighted by Crippen LogP contribution is 2.14. The summed E-state index contributed by atoms with van der Waals surface area (Å²) in [6, 6.07) is 3.24. The zero-order valence-corrected chi connectivity index (χ0v) is 12.3. The standard InChI is InChI=1S/C10H18N4O3S2/c1-17-7-6-13-10(11)12-4-5-14-19(15,16)9-3-2-8-18-9/h2-3,8,14H,4-7H2,1H3,(H3,11,12,13). The first-order chi connectivity index (χ1) is 9.06. The molecule has 0 radical (unpaired) electrons. The minimum absolute atomic E-state index is 0.201. The third kappa shape index (κ3) is 6.01. The Kier molecular flexibility index (Phi) is 6.78. The van der Waals surface area contributed by atoms with Crippen LogP contribution in [0.4, 0.5) is 0 Å². The highest BCUT2D eigenvalue weighted by atomic mass is 32.2. The Hall–Kier alpha value is -1.16. The Bertz CT molecular complexity index is 485. The maximum absolute atomic E-state index is 11.7. The van der Waals surface area contributed by atoms with Crippen LogP contribution in [0.1, 0.15) is 0 Å². The molecule has 1 heterocycles. The van der Waals surface area contributed by atoms with Crippen molar-refractivity contribution < 1.29 is 13.2 Å². The molecule has 0 saturated heterocycles. The van der Waals surface area contributed by atoms with E-state index in [0.29, 0.717) is 17.4 Å². The number of rotatable bonds is 8. The van der Waals surface area contributed by atoms with Crippen LogP contribution in [0, 0.1) is 0 Å². The molecule has 0 aliphatic rings. The van der Waals surface area contributed by atoms with Crippen molar-refractivity contribution in [3.63, 3.8) is 0 Å². The number of nitrogens with two attached hydrogens (primary N) is 1. The van der Waals surface area contributed by atoms with E-state index in [1.807, 2.05) is 0 Å². The molecule has 9 heteroatoms. The summed E-state index contributed by atoms with van der Waals surface area (Å²) in [5.74, 6) is 0.271. The molecule has 1 aromatic rings. The molecule has 0 aliphatic carbocycles. The number of nitrogens with zero attached hydrogens (tertiary/aromatic N) is 1. The predicted molar refractivity (Wildman–Crippen MR) is 75.9 cm³/mol. The summed E-state index contributed by atoms with van der Waals surface area (Å²) in [5, 5.41) is 4.55. The summed E-state index contributed by atoms with van der Waals surface area (Å²) in [6.45, 7) is 1.57. The van der Waals surface area contributed by atoms with Gasteiger partial charge >= 0.3 is 0 Å². The van der Waals surface area contributed by atoms with Crippen LogP contribution < -0.4 is 15.8 Å². The molecule has 0 unspecified atom stereocenters. The fraction of sp³-hybridized carbons (Fsp3) is 0.500. The number of guanidine groups is 1. The van der Waals surface area contributed by atoms with Gasteiger partial charge in [-0.25, -0.2) is 13.1 Å². The Morgan fingerprint density at radius 1 is 1.53 bits per heavy atom. The van der Waals surface area contributed by atoms with Gasteiger partial charge in [0.2, 0.25) is 10.0 Å². The van der Waals surface area contributed by atoms with E-state index in [4.69, 9.17) is 10.5 Å². The molecule has 0 aliphatic heterocycles. The average molecular weight is 306 g/mol. The second kappa shape index (κ2) is 8.10.